The summed E-state index contributed by atoms with van der Waals surface area (Å²) in [6.45, 7) is -0.989. The molecule has 0 aromatic heterocycles. The fourth-order valence-corrected chi connectivity index (χ4v) is 2.26. The van der Waals surface area contributed by atoms with Gasteiger partial charge in [0.15, 0.2) is 11.7 Å². The fourth-order valence-electron chi connectivity index (χ4n) is 2.26. The second-order valence-corrected chi connectivity index (χ2v) is 5.27. The van der Waals surface area contributed by atoms with E-state index in [1.807, 2.05) is 0 Å². The van der Waals surface area contributed by atoms with E-state index in [-0.39, 0.29) is 13.2 Å². The Morgan fingerprint density at radius 2 is 1.04 bits per heavy atom. The Kier molecular flexibility index (Phi) is 5.97. The summed E-state index contributed by atoms with van der Waals surface area (Å²) in [7, 11) is 0. The summed E-state index contributed by atoms with van der Waals surface area (Å²) < 4.78 is 34.6. The SMILES string of the molecule is FCCOc1ccc(C2=NNC(c3ccc(OCCF)cc3)=NN2)cc1. The molecule has 0 unspecified atom stereocenters. The van der Waals surface area contributed by atoms with Crippen LogP contribution in [-0.2, 0) is 0 Å². The Hall–Kier alpha value is -3.16. The normalized spacial score (nSPS) is 13.2. The number of halogens is 2. The van der Waals surface area contributed by atoms with E-state index >= 15 is 0 Å². The van der Waals surface area contributed by atoms with Gasteiger partial charge in [-0.15, -0.1) is 0 Å². The highest BCUT2D eigenvalue weighted by Crippen LogP contribution is 2.15. The topological polar surface area (TPSA) is 67.2 Å². The molecule has 136 valence electrons. The van der Waals surface area contributed by atoms with Crippen molar-refractivity contribution in [3.05, 3.63) is 59.7 Å². The van der Waals surface area contributed by atoms with Crippen molar-refractivity contribution in [2.24, 2.45) is 10.2 Å². The predicted molar refractivity (Wildman–Crippen MR) is 95.2 cm³/mol. The zero-order valence-corrected chi connectivity index (χ0v) is 13.9. The Morgan fingerprint density at radius 1 is 0.654 bits per heavy atom. The van der Waals surface area contributed by atoms with E-state index in [1.165, 1.54) is 0 Å². The van der Waals surface area contributed by atoms with Gasteiger partial charge >= 0.3 is 0 Å². The van der Waals surface area contributed by atoms with Crippen LogP contribution >= 0.6 is 0 Å². The highest BCUT2D eigenvalue weighted by atomic mass is 19.1. The van der Waals surface area contributed by atoms with Crippen molar-refractivity contribution >= 4 is 11.7 Å². The number of hydrazone groups is 2. The maximum Gasteiger partial charge on any atom is 0.173 e. The minimum absolute atomic E-state index is 0.0331. The van der Waals surface area contributed by atoms with Crippen LogP contribution in [0.15, 0.2) is 58.7 Å². The molecule has 8 heteroatoms. The second-order valence-electron chi connectivity index (χ2n) is 5.27. The molecule has 2 aromatic rings. The van der Waals surface area contributed by atoms with Crippen molar-refractivity contribution in [1.29, 1.82) is 0 Å². The van der Waals surface area contributed by atoms with Gasteiger partial charge in [-0.05, 0) is 48.5 Å². The van der Waals surface area contributed by atoms with Crippen molar-refractivity contribution in [2.75, 3.05) is 26.6 Å². The quantitative estimate of drug-likeness (QED) is 0.759. The summed E-state index contributed by atoms with van der Waals surface area (Å²) in [6.07, 6.45) is 0. The first kappa shape index (κ1) is 17.7. The molecule has 0 saturated heterocycles. The summed E-state index contributed by atoms with van der Waals surface area (Å²) in [5, 5.41) is 8.53. The summed E-state index contributed by atoms with van der Waals surface area (Å²) in [5.74, 6) is 2.28. The number of rotatable bonds is 8. The third-order valence-electron chi connectivity index (χ3n) is 3.49. The van der Waals surface area contributed by atoms with Gasteiger partial charge in [-0.2, -0.15) is 10.2 Å². The third-order valence-corrected chi connectivity index (χ3v) is 3.49. The van der Waals surface area contributed by atoms with Crippen molar-refractivity contribution in [3.8, 4) is 11.5 Å². The summed E-state index contributed by atoms with van der Waals surface area (Å²) >= 11 is 0. The molecular weight excluding hydrogens is 342 g/mol. The van der Waals surface area contributed by atoms with Gasteiger partial charge in [0.1, 0.15) is 38.1 Å². The first-order valence-electron chi connectivity index (χ1n) is 8.06. The molecule has 1 heterocycles. The van der Waals surface area contributed by atoms with Gasteiger partial charge < -0.3 is 9.47 Å². The van der Waals surface area contributed by atoms with E-state index < -0.39 is 13.3 Å². The van der Waals surface area contributed by atoms with E-state index in [9.17, 15) is 8.78 Å². The number of hydrogen-bond donors (Lipinski definition) is 2. The van der Waals surface area contributed by atoms with Crippen LogP contribution in [0.2, 0.25) is 0 Å². The lowest BCUT2D eigenvalue weighted by atomic mass is 10.2. The Balaban J connectivity index is 1.60. The van der Waals surface area contributed by atoms with E-state index in [0.29, 0.717) is 23.2 Å². The smallest absolute Gasteiger partial charge is 0.173 e. The van der Waals surface area contributed by atoms with Gasteiger partial charge in [0.2, 0.25) is 0 Å². The Morgan fingerprint density at radius 3 is 1.35 bits per heavy atom. The minimum atomic E-state index is -0.527. The highest BCUT2D eigenvalue weighted by Gasteiger charge is 2.12. The molecule has 0 atom stereocenters. The van der Waals surface area contributed by atoms with E-state index in [1.54, 1.807) is 48.5 Å². The number of benzene rings is 2. The first-order valence-corrected chi connectivity index (χ1v) is 8.06. The molecule has 0 spiro atoms. The van der Waals surface area contributed by atoms with Gasteiger partial charge in [-0.1, -0.05) is 0 Å². The molecule has 0 bridgehead atoms. The monoisotopic (exact) mass is 360 g/mol. The zero-order valence-electron chi connectivity index (χ0n) is 13.9. The number of alkyl halides is 2. The predicted octanol–water partition coefficient (Wildman–Crippen LogP) is 2.60. The molecule has 3 rings (SSSR count). The largest absolute Gasteiger partial charge is 0.491 e. The average Bonchev–Trinajstić information content (AvgIpc) is 2.72. The second kappa shape index (κ2) is 8.80. The van der Waals surface area contributed by atoms with Crippen LogP contribution in [0.4, 0.5) is 8.78 Å². The lowest BCUT2D eigenvalue weighted by Gasteiger charge is -2.15. The summed E-state index contributed by atoms with van der Waals surface area (Å²) in [5.41, 5.74) is 7.40. The van der Waals surface area contributed by atoms with Crippen molar-refractivity contribution in [2.45, 2.75) is 0 Å². The number of amidine groups is 2. The molecule has 0 aliphatic carbocycles. The van der Waals surface area contributed by atoms with Crippen LogP contribution in [0, 0.1) is 0 Å². The van der Waals surface area contributed by atoms with E-state index in [2.05, 4.69) is 21.1 Å². The average molecular weight is 360 g/mol. The van der Waals surface area contributed by atoms with Crippen LogP contribution in [0.5, 0.6) is 11.5 Å². The molecule has 0 saturated carbocycles. The van der Waals surface area contributed by atoms with Gasteiger partial charge in [0, 0.05) is 11.1 Å². The molecule has 0 fully saturated rings. The van der Waals surface area contributed by atoms with Gasteiger partial charge in [0.05, 0.1) is 0 Å². The standard InChI is InChI=1S/C18H18F2N4O2/c19-9-11-25-15-5-1-13(2-6-15)17-21-23-18(24-22-17)14-3-7-16(8-4-14)26-12-10-20/h1-8H,9-12H2,(H,21,22)(H,23,24). The van der Waals surface area contributed by atoms with E-state index in [4.69, 9.17) is 9.47 Å². The van der Waals surface area contributed by atoms with Gasteiger partial charge in [0.25, 0.3) is 0 Å². The summed E-state index contributed by atoms with van der Waals surface area (Å²) in [4.78, 5) is 0. The Bertz CT molecular complexity index is 709. The first-order chi connectivity index (χ1) is 12.8. The molecule has 0 amide bonds. The lowest BCUT2D eigenvalue weighted by molar-refractivity contribution is 0.273. The highest BCUT2D eigenvalue weighted by molar-refractivity contribution is 6.05. The third kappa shape index (κ3) is 4.47. The molecule has 1 aliphatic rings. The van der Waals surface area contributed by atoms with Crippen molar-refractivity contribution < 1.29 is 18.3 Å². The molecule has 2 N–H and O–H groups in total. The van der Waals surface area contributed by atoms with Crippen molar-refractivity contribution in [3.63, 3.8) is 0 Å². The van der Waals surface area contributed by atoms with Crippen LogP contribution < -0.4 is 20.3 Å². The van der Waals surface area contributed by atoms with Gasteiger partial charge in [-0.3, -0.25) is 10.9 Å². The molecule has 0 radical (unpaired) electrons. The molecule has 1 aliphatic heterocycles. The van der Waals surface area contributed by atoms with Crippen LogP contribution in [0.1, 0.15) is 11.1 Å². The summed E-state index contributed by atoms with van der Waals surface area (Å²) in [6, 6.07) is 14.2. The van der Waals surface area contributed by atoms with Gasteiger partial charge in [-0.25, -0.2) is 8.78 Å². The molecule has 26 heavy (non-hydrogen) atoms. The minimum Gasteiger partial charge on any atom is -0.491 e. The van der Waals surface area contributed by atoms with Crippen LogP contribution in [0.25, 0.3) is 0 Å². The molecule has 6 nitrogen and oxygen atoms in total. The van der Waals surface area contributed by atoms with E-state index in [0.717, 1.165) is 11.1 Å². The van der Waals surface area contributed by atoms with Crippen molar-refractivity contribution in [1.82, 2.24) is 10.9 Å². The van der Waals surface area contributed by atoms with Crippen LogP contribution in [0.3, 0.4) is 0 Å². The Labute approximate surface area is 149 Å². The maximum absolute atomic E-state index is 12.1. The number of nitrogens with zero attached hydrogens (tertiary/aromatic N) is 2. The lowest BCUT2D eigenvalue weighted by Crippen LogP contribution is -2.34. The van der Waals surface area contributed by atoms with Crippen LogP contribution in [-0.4, -0.2) is 38.2 Å². The maximum atomic E-state index is 12.1. The molecular formula is C18H18F2N4O2. The number of hydrogen-bond acceptors (Lipinski definition) is 6. The zero-order chi connectivity index (χ0) is 18.2. The number of ether oxygens (including phenoxy) is 2. The molecule has 2 aromatic carbocycles. The number of nitrogens with one attached hydrogen (secondary N) is 2. The fraction of sp³-hybridized carbons (Fsp3) is 0.222.